The van der Waals surface area contributed by atoms with E-state index in [0.29, 0.717) is 8.83 Å². The molecule has 110 valence electrons. The summed E-state index contributed by atoms with van der Waals surface area (Å²) >= 11 is 6.44. The van der Waals surface area contributed by atoms with Crippen LogP contribution in [0, 0.1) is 3.95 Å². The Morgan fingerprint density at radius 2 is 1.64 bits per heavy atom. The minimum absolute atomic E-state index is 0.0814. The van der Waals surface area contributed by atoms with E-state index in [1.54, 1.807) is 0 Å². The summed E-state index contributed by atoms with van der Waals surface area (Å²) in [5.41, 5.74) is 1.66. The lowest BCUT2D eigenvalue weighted by atomic mass is 10.1. The molecule has 1 aromatic heterocycles. The van der Waals surface area contributed by atoms with Gasteiger partial charge in [0.05, 0.1) is 5.69 Å². The molecular formula is C17H13NO2S2. The van der Waals surface area contributed by atoms with Crippen LogP contribution in [0.15, 0.2) is 60.7 Å². The molecule has 0 aliphatic heterocycles. The number of Topliss-reactive ketones (excluding diaryl/α,β-unsaturated/α-hetero) is 1. The number of thiazole rings is 1. The Bertz CT molecular complexity index is 851. The second kappa shape index (κ2) is 6.25. The second-order valence-electron chi connectivity index (χ2n) is 4.78. The third kappa shape index (κ3) is 2.86. The van der Waals surface area contributed by atoms with Crippen molar-refractivity contribution in [2.24, 2.45) is 0 Å². The highest BCUT2D eigenvalue weighted by Gasteiger charge is 2.19. The zero-order valence-electron chi connectivity index (χ0n) is 11.6. The summed E-state index contributed by atoms with van der Waals surface area (Å²) in [5, 5.41) is 10.4. The van der Waals surface area contributed by atoms with Gasteiger partial charge in [-0.3, -0.25) is 9.36 Å². The Hall–Kier alpha value is -2.24. The largest absolute Gasteiger partial charge is 0.493 e. The maximum absolute atomic E-state index is 12.4. The Morgan fingerprint density at radius 3 is 2.27 bits per heavy atom. The third-order valence-corrected chi connectivity index (χ3v) is 4.67. The molecule has 0 spiro atoms. The van der Waals surface area contributed by atoms with E-state index < -0.39 is 0 Å². The van der Waals surface area contributed by atoms with Crippen molar-refractivity contribution in [2.45, 2.75) is 6.42 Å². The molecule has 0 aliphatic carbocycles. The van der Waals surface area contributed by atoms with E-state index in [1.165, 1.54) is 4.57 Å². The van der Waals surface area contributed by atoms with Gasteiger partial charge in [-0.05, 0) is 29.9 Å². The number of hydrogen-bond acceptors (Lipinski definition) is 4. The van der Waals surface area contributed by atoms with Crippen LogP contribution in [-0.4, -0.2) is 15.5 Å². The third-order valence-electron chi connectivity index (χ3n) is 3.26. The molecule has 0 saturated carbocycles. The molecule has 3 nitrogen and oxygen atoms in total. The number of rotatable bonds is 4. The number of carbonyl (C=O) groups is 1. The van der Waals surface area contributed by atoms with Crippen molar-refractivity contribution in [2.75, 3.05) is 0 Å². The van der Waals surface area contributed by atoms with Gasteiger partial charge in [0.25, 0.3) is 0 Å². The number of para-hydroxylation sites is 1. The molecule has 3 rings (SSSR count). The van der Waals surface area contributed by atoms with Crippen molar-refractivity contribution in [3.63, 3.8) is 0 Å². The first-order valence-electron chi connectivity index (χ1n) is 6.74. The molecule has 0 radical (unpaired) electrons. The molecule has 22 heavy (non-hydrogen) atoms. The Morgan fingerprint density at radius 1 is 1.05 bits per heavy atom. The van der Waals surface area contributed by atoms with E-state index in [2.05, 4.69) is 0 Å². The predicted octanol–water partition coefficient (Wildman–Crippen LogP) is 4.40. The summed E-state index contributed by atoms with van der Waals surface area (Å²) in [5.74, 6) is -0.211. The lowest BCUT2D eigenvalue weighted by Gasteiger charge is -2.04. The fourth-order valence-corrected chi connectivity index (χ4v) is 3.48. The van der Waals surface area contributed by atoms with Crippen LogP contribution < -0.4 is 0 Å². The summed E-state index contributed by atoms with van der Waals surface area (Å²) in [6, 6.07) is 18.8. The SMILES string of the molecule is O=C(Cc1ccccc1)c1sc(=S)n(-c2ccccc2)c1O. The van der Waals surface area contributed by atoms with Gasteiger partial charge in [-0.2, -0.15) is 0 Å². The molecule has 2 aromatic carbocycles. The first-order chi connectivity index (χ1) is 10.7. The lowest BCUT2D eigenvalue weighted by Crippen LogP contribution is -2.02. The van der Waals surface area contributed by atoms with E-state index in [1.807, 2.05) is 60.7 Å². The molecule has 0 aliphatic rings. The van der Waals surface area contributed by atoms with Gasteiger partial charge in [0, 0.05) is 6.42 Å². The van der Waals surface area contributed by atoms with E-state index in [9.17, 15) is 9.90 Å². The molecule has 3 aromatic rings. The van der Waals surface area contributed by atoms with Crippen LogP contribution in [0.5, 0.6) is 5.88 Å². The molecule has 0 saturated heterocycles. The average molecular weight is 327 g/mol. The van der Waals surface area contributed by atoms with Crippen LogP contribution in [0.2, 0.25) is 0 Å². The highest BCUT2D eigenvalue weighted by Crippen LogP contribution is 2.30. The molecule has 0 amide bonds. The van der Waals surface area contributed by atoms with Crippen molar-refractivity contribution < 1.29 is 9.90 Å². The van der Waals surface area contributed by atoms with Gasteiger partial charge in [-0.1, -0.05) is 59.9 Å². The fraction of sp³-hybridized carbons (Fsp3) is 0.0588. The van der Waals surface area contributed by atoms with Crippen molar-refractivity contribution in [1.82, 2.24) is 4.57 Å². The van der Waals surface area contributed by atoms with Crippen LogP contribution in [0.3, 0.4) is 0 Å². The van der Waals surface area contributed by atoms with Crippen LogP contribution in [0.1, 0.15) is 15.2 Å². The lowest BCUT2D eigenvalue weighted by molar-refractivity contribution is 0.0994. The van der Waals surface area contributed by atoms with Crippen LogP contribution >= 0.6 is 23.6 Å². The second-order valence-corrected chi connectivity index (χ2v) is 6.42. The van der Waals surface area contributed by atoms with E-state index >= 15 is 0 Å². The van der Waals surface area contributed by atoms with Gasteiger partial charge < -0.3 is 5.11 Å². The Labute approximate surface area is 137 Å². The monoisotopic (exact) mass is 327 g/mol. The molecule has 1 N–H and O–H groups in total. The summed E-state index contributed by atoms with van der Waals surface area (Å²) in [6.07, 6.45) is 0.248. The van der Waals surface area contributed by atoms with Crippen molar-refractivity contribution in [3.05, 3.63) is 75.1 Å². The normalized spacial score (nSPS) is 10.5. The first kappa shape index (κ1) is 14.7. The fourth-order valence-electron chi connectivity index (χ4n) is 2.21. The van der Waals surface area contributed by atoms with Crippen LogP contribution in [-0.2, 0) is 6.42 Å². The Kier molecular flexibility index (Phi) is 4.18. The van der Waals surface area contributed by atoms with Crippen LogP contribution in [0.4, 0.5) is 0 Å². The number of benzene rings is 2. The van der Waals surface area contributed by atoms with Gasteiger partial charge in [-0.15, -0.1) is 0 Å². The maximum atomic E-state index is 12.4. The molecular weight excluding hydrogens is 314 g/mol. The minimum atomic E-state index is -0.130. The Balaban J connectivity index is 1.96. The molecule has 0 bridgehead atoms. The standard InChI is InChI=1S/C17H13NO2S2/c19-14(11-12-7-3-1-4-8-12)15-16(20)18(17(21)22-15)13-9-5-2-6-10-13/h1-10,20H,11H2. The maximum Gasteiger partial charge on any atom is 0.219 e. The zero-order chi connectivity index (χ0) is 15.5. The van der Waals surface area contributed by atoms with Gasteiger partial charge in [0.15, 0.2) is 9.74 Å². The number of hydrogen-bond donors (Lipinski definition) is 1. The summed E-state index contributed by atoms with van der Waals surface area (Å²) in [7, 11) is 0. The smallest absolute Gasteiger partial charge is 0.219 e. The highest BCUT2D eigenvalue weighted by molar-refractivity contribution is 7.73. The number of carbonyl (C=O) groups excluding carboxylic acids is 1. The van der Waals surface area contributed by atoms with E-state index in [0.717, 1.165) is 22.6 Å². The summed E-state index contributed by atoms with van der Waals surface area (Å²) in [6.45, 7) is 0. The van der Waals surface area contributed by atoms with Crippen molar-refractivity contribution >= 4 is 29.3 Å². The molecule has 5 heteroatoms. The van der Waals surface area contributed by atoms with Gasteiger partial charge in [-0.25, -0.2) is 0 Å². The molecule has 0 unspecified atom stereocenters. The quantitative estimate of drug-likeness (QED) is 0.570. The number of aromatic nitrogens is 1. The number of aromatic hydroxyl groups is 1. The van der Waals surface area contributed by atoms with Gasteiger partial charge in [0.2, 0.25) is 5.88 Å². The molecule has 1 heterocycles. The summed E-state index contributed by atoms with van der Waals surface area (Å²) < 4.78 is 1.98. The average Bonchev–Trinajstić information content (AvgIpc) is 2.84. The highest BCUT2D eigenvalue weighted by atomic mass is 32.1. The minimum Gasteiger partial charge on any atom is -0.493 e. The molecule has 0 fully saturated rings. The van der Waals surface area contributed by atoms with E-state index in [4.69, 9.17) is 12.2 Å². The van der Waals surface area contributed by atoms with Gasteiger partial charge >= 0.3 is 0 Å². The summed E-state index contributed by atoms with van der Waals surface area (Å²) in [4.78, 5) is 12.7. The first-order valence-corrected chi connectivity index (χ1v) is 7.96. The molecule has 0 atom stereocenters. The number of nitrogens with zero attached hydrogens (tertiary/aromatic N) is 1. The predicted molar refractivity (Wildman–Crippen MR) is 90.6 cm³/mol. The van der Waals surface area contributed by atoms with Gasteiger partial charge in [0.1, 0.15) is 4.88 Å². The van der Waals surface area contributed by atoms with E-state index in [-0.39, 0.29) is 18.1 Å². The van der Waals surface area contributed by atoms with Crippen molar-refractivity contribution in [3.8, 4) is 11.6 Å². The topological polar surface area (TPSA) is 42.2 Å². The zero-order valence-corrected chi connectivity index (χ0v) is 13.2. The number of ketones is 1. The van der Waals surface area contributed by atoms with Crippen molar-refractivity contribution in [1.29, 1.82) is 0 Å². The van der Waals surface area contributed by atoms with Crippen LogP contribution in [0.25, 0.3) is 5.69 Å².